The molecule has 140 valence electrons. The number of benzene rings is 2. The molecule has 0 saturated heterocycles. The number of aliphatic hydroxyl groups excluding tert-OH is 1. The predicted molar refractivity (Wildman–Crippen MR) is 107 cm³/mol. The van der Waals surface area contributed by atoms with Crippen LogP contribution in [-0.4, -0.2) is 26.0 Å². The third kappa shape index (κ3) is 4.73. The molecule has 0 atom stereocenters. The lowest BCUT2D eigenvalue weighted by Crippen LogP contribution is -2.17. The lowest BCUT2D eigenvalue weighted by Gasteiger charge is -2.10. The van der Waals surface area contributed by atoms with E-state index in [1.807, 2.05) is 12.1 Å². The van der Waals surface area contributed by atoms with Crippen molar-refractivity contribution in [2.75, 3.05) is 16.6 Å². The first-order valence-electron chi connectivity index (χ1n) is 8.16. The van der Waals surface area contributed by atoms with Crippen LogP contribution in [0.1, 0.15) is 15.2 Å². The van der Waals surface area contributed by atoms with Crippen molar-refractivity contribution in [2.45, 2.75) is 11.3 Å². The lowest BCUT2D eigenvalue weighted by atomic mass is 10.1. The molecule has 2 aromatic carbocycles. The van der Waals surface area contributed by atoms with Crippen LogP contribution in [0.15, 0.2) is 70.9 Å². The van der Waals surface area contributed by atoms with Gasteiger partial charge in [-0.15, -0.1) is 11.3 Å². The van der Waals surface area contributed by atoms with Gasteiger partial charge in [0.15, 0.2) is 0 Å². The molecule has 1 amide bonds. The second kappa shape index (κ2) is 8.34. The molecule has 0 aliphatic heterocycles. The smallest absolute Gasteiger partial charge is 0.267 e. The third-order valence-electron chi connectivity index (χ3n) is 3.78. The van der Waals surface area contributed by atoms with Gasteiger partial charge in [0.1, 0.15) is 4.88 Å². The van der Waals surface area contributed by atoms with E-state index in [9.17, 15) is 13.2 Å². The van der Waals surface area contributed by atoms with Gasteiger partial charge in [-0.2, -0.15) is 0 Å². The van der Waals surface area contributed by atoms with Crippen molar-refractivity contribution in [3.05, 3.63) is 76.5 Å². The van der Waals surface area contributed by atoms with E-state index in [1.165, 1.54) is 12.1 Å². The van der Waals surface area contributed by atoms with Crippen LogP contribution < -0.4 is 10.0 Å². The van der Waals surface area contributed by atoms with Gasteiger partial charge in [-0.3, -0.25) is 9.52 Å². The van der Waals surface area contributed by atoms with Crippen LogP contribution in [0.4, 0.5) is 11.4 Å². The number of anilines is 2. The molecule has 1 heterocycles. The molecule has 27 heavy (non-hydrogen) atoms. The molecule has 3 N–H and O–H groups in total. The highest BCUT2D eigenvalue weighted by Crippen LogP contribution is 2.26. The molecule has 0 aliphatic carbocycles. The summed E-state index contributed by atoms with van der Waals surface area (Å²) in [7, 11) is -3.77. The minimum Gasteiger partial charge on any atom is -0.396 e. The summed E-state index contributed by atoms with van der Waals surface area (Å²) in [5.41, 5.74) is 1.79. The zero-order valence-corrected chi connectivity index (χ0v) is 15.9. The van der Waals surface area contributed by atoms with Crippen LogP contribution in [-0.2, 0) is 16.4 Å². The van der Waals surface area contributed by atoms with Gasteiger partial charge in [0.2, 0.25) is 0 Å². The Morgan fingerprint density at radius 3 is 2.37 bits per heavy atom. The third-order valence-corrected chi connectivity index (χ3v) is 6.08. The molecule has 0 aliphatic rings. The van der Waals surface area contributed by atoms with Crippen molar-refractivity contribution in [1.29, 1.82) is 0 Å². The zero-order chi connectivity index (χ0) is 19.3. The quantitative estimate of drug-likeness (QED) is 0.565. The topological polar surface area (TPSA) is 95.5 Å². The first-order valence-corrected chi connectivity index (χ1v) is 10.5. The maximum absolute atomic E-state index is 12.6. The van der Waals surface area contributed by atoms with Gasteiger partial charge >= 0.3 is 0 Å². The highest BCUT2D eigenvalue weighted by Gasteiger charge is 2.20. The minimum atomic E-state index is -3.77. The van der Waals surface area contributed by atoms with Crippen molar-refractivity contribution in [3.8, 4) is 0 Å². The Kier molecular flexibility index (Phi) is 5.90. The summed E-state index contributed by atoms with van der Waals surface area (Å²) in [6, 6.07) is 16.7. The molecular weight excluding hydrogens is 384 g/mol. The maximum atomic E-state index is 12.6. The average Bonchev–Trinajstić information content (AvgIpc) is 3.12. The van der Waals surface area contributed by atoms with Crippen LogP contribution in [0.5, 0.6) is 0 Å². The number of hydrogen-bond acceptors (Lipinski definition) is 5. The Hall–Kier alpha value is -2.68. The summed E-state index contributed by atoms with van der Waals surface area (Å²) in [5, 5.41) is 13.3. The van der Waals surface area contributed by atoms with Crippen LogP contribution in [0.3, 0.4) is 0 Å². The molecule has 0 unspecified atom stereocenters. The number of carbonyl (C=O) groups is 1. The molecule has 3 rings (SSSR count). The number of rotatable bonds is 7. The number of aliphatic hydroxyl groups is 1. The average molecular weight is 402 g/mol. The second-order valence-corrected chi connectivity index (χ2v) is 8.31. The normalized spacial score (nSPS) is 11.1. The Morgan fingerprint density at radius 2 is 1.70 bits per heavy atom. The summed E-state index contributed by atoms with van der Waals surface area (Å²) >= 11 is 1.15. The standard InChI is InChI=1S/C19H18N2O4S2/c22-12-10-14-6-8-15(9-7-14)20-19(23)18-17(11-13-26-18)21-27(24,25)16-4-2-1-3-5-16/h1-9,11,13,21-22H,10,12H2,(H,20,23). The van der Waals surface area contributed by atoms with Crippen LogP contribution in [0.2, 0.25) is 0 Å². The van der Waals surface area contributed by atoms with Gasteiger partial charge in [0, 0.05) is 12.3 Å². The Balaban J connectivity index is 1.75. The van der Waals surface area contributed by atoms with E-state index < -0.39 is 15.9 Å². The zero-order valence-electron chi connectivity index (χ0n) is 14.3. The van der Waals surface area contributed by atoms with Gasteiger partial charge in [-0.05, 0) is 47.7 Å². The molecule has 1 aromatic heterocycles. The van der Waals surface area contributed by atoms with Gasteiger partial charge in [-0.1, -0.05) is 30.3 Å². The fraction of sp³-hybridized carbons (Fsp3) is 0.105. The summed E-state index contributed by atoms with van der Waals surface area (Å²) < 4.78 is 27.4. The Bertz CT molecular complexity index is 1010. The SMILES string of the molecule is O=C(Nc1ccc(CCO)cc1)c1sccc1NS(=O)(=O)c1ccccc1. The van der Waals surface area contributed by atoms with E-state index in [2.05, 4.69) is 10.0 Å². The number of hydrogen-bond donors (Lipinski definition) is 3. The molecule has 0 bridgehead atoms. The monoisotopic (exact) mass is 402 g/mol. The van der Waals surface area contributed by atoms with Crippen molar-refractivity contribution >= 4 is 38.6 Å². The van der Waals surface area contributed by atoms with E-state index in [4.69, 9.17) is 5.11 Å². The van der Waals surface area contributed by atoms with Crippen molar-refractivity contribution in [2.24, 2.45) is 0 Å². The number of amides is 1. The fourth-order valence-electron chi connectivity index (χ4n) is 2.44. The second-order valence-electron chi connectivity index (χ2n) is 5.71. The van der Waals surface area contributed by atoms with Crippen molar-refractivity contribution in [3.63, 3.8) is 0 Å². The van der Waals surface area contributed by atoms with E-state index in [-0.39, 0.29) is 22.1 Å². The molecule has 0 saturated carbocycles. The molecule has 8 heteroatoms. The van der Waals surface area contributed by atoms with Gasteiger partial charge in [0.25, 0.3) is 15.9 Å². The highest BCUT2D eigenvalue weighted by atomic mass is 32.2. The van der Waals surface area contributed by atoms with E-state index in [0.29, 0.717) is 12.1 Å². The maximum Gasteiger partial charge on any atom is 0.267 e. The molecule has 6 nitrogen and oxygen atoms in total. The van der Waals surface area contributed by atoms with Crippen LogP contribution in [0, 0.1) is 0 Å². The van der Waals surface area contributed by atoms with Gasteiger partial charge < -0.3 is 10.4 Å². The highest BCUT2D eigenvalue weighted by molar-refractivity contribution is 7.92. The van der Waals surface area contributed by atoms with Gasteiger partial charge in [0.05, 0.1) is 10.6 Å². The van der Waals surface area contributed by atoms with E-state index >= 15 is 0 Å². The minimum absolute atomic E-state index is 0.0613. The molecule has 0 spiro atoms. The first kappa shape index (κ1) is 19.1. The molecular formula is C19H18N2O4S2. The lowest BCUT2D eigenvalue weighted by molar-refractivity contribution is 0.103. The van der Waals surface area contributed by atoms with E-state index in [0.717, 1.165) is 16.9 Å². The molecule has 0 fully saturated rings. The first-order chi connectivity index (χ1) is 13.0. The Morgan fingerprint density at radius 1 is 1.00 bits per heavy atom. The summed E-state index contributed by atoms with van der Waals surface area (Å²) in [4.78, 5) is 13.0. The van der Waals surface area contributed by atoms with Crippen molar-refractivity contribution in [1.82, 2.24) is 0 Å². The summed E-state index contributed by atoms with van der Waals surface area (Å²) in [5.74, 6) is -0.398. The summed E-state index contributed by atoms with van der Waals surface area (Å²) in [6.45, 7) is 0.0613. The van der Waals surface area contributed by atoms with Gasteiger partial charge in [-0.25, -0.2) is 8.42 Å². The fourth-order valence-corrected chi connectivity index (χ4v) is 4.34. The Labute approximate surface area is 161 Å². The number of nitrogens with one attached hydrogen (secondary N) is 2. The number of thiophene rings is 1. The predicted octanol–water partition coefficient (Wildman–Crippen LogP) is 3.34. The van der Waals surface area contributed by atoms with Crippen LogP contribution >= 0.6 is 11.3 Å². The molecule has 0 radical (unpaired) electrons. The van der Waals surface area contributed by atoms with E-state index in [1.54, 1.807) is 41.8 Å². The number of carbonyl (C=O) groups excluding carboxylic acids is 1. The largest absolute Gasteiger partial charge is 0.396 e. The molecule has 3 aromatic rings. The van der Waals surface area contributed by atoms with Crippen molar-refractivity contribution < 1.29 is 18.3 Å². The number of sulfonamides is 1. The summed E-state index contributed by atoms with van der Waals surface area (Å²) in [6.07, 6.45) is 0.546. The van der Waals surface area contributed by atoms with Crippen LogP contribution in [0.25, 0.3) is 0 Å².